The monoisotopic (exact) mass is 398 g/mol. The summed E-state index contributed by atoms with van der Waals surface area (Å²) < 4.78 is 2.30. The number of para-hydroxylation sites is 1. The van der Waals surface area contributed by atoms with E-state index >= 15 is 0 Å². The molecule has 7 heteroatoms. The van der Waals surface area contributed by atoms with E-state index in [0.717, 1.165) is 70.9 Å². The molecule has 1 aliphatic rings. The van der Waals surface area contributed by atoms with E-state index in [2.05, 4.69) is 61.6 Å². The molecule has 3 rings (SSSR count). The van der Waals surface area contributed by atoms with Gasteiger partial charge in [0.05, 0.1) is 5.92 Å². The minimum Gasteiger partial charge on any atom is -0.369 e. The van der Waals surface area contributed by atoms with Crippen molar-refractivity contribution in [2.75, 3.05) is 39.8 Å². The molecule has 2 aromatic rings. The average molecular weight is 399 g/mol. The summed E-state index contributed by atoms with van der Waals surface area (Å²) in [6.07, 6.45) is 6.19. The molecule has 4 N–H and O–H groups in total. The Labute approximate surface area is 173 Å². The van der Waals surface area contributed by atoms with E-state index in [1.807, 2.05) is 0 Å². The van der Waals surface area contributed by atoms with Crippen molar-refractivity contribution in [2.24, 2.45) is 16.6 Å². The van der Waals surface area contributed by atoms with E-state index in [0.29, 0.717) is 0 Å². The molecule has 7 nitrogen and oxygen atoms in total. The third kappa shape index (κ3) is 6.22. The average Bonchev–Trinajstić information content (AvgIpc) is 3.16. The lowest BCUT2D eigenvalue weighted by atomic mass is 9.97. The highest BCUT2D eigenvalue weighted by Crippen LogP contribution is 2.16. The van der Waals surface area contributed by atoms with Crippen molar-refractivity contribution < 1.29 is 4.79 Å². The Bertz CT molecular complexity index is 814. The third-order valence-corrected chi connectivity index (χ3v) is 5.62. The molecule has 1 aromatic carbocycles. The van der Waals surface area contributed by atoms with Crippen molar-refractivity contribution >= 4 is 22.8 Å². The number of likely N-dealkylation sites (tertiary alicyclic amines) is 1. The number of nitrogens with zero attached hydrogens (tertiary/aromatic N) is 3. The summed E-state index contributed by atoms with van der Waals surface area (Å²) in [6, 6.07) is 10.6. The minimum atomic E-state index is -0.162. The van der Waals surface area contributed by atoms with Crippen LogP contribution in [-0.2, 0) is 11.3 Å². The fourth-order valence-corrected chi connectivity index (χ4v) is 4.01. The molecule has 0 aliphatic carbocycles. The SMILES string of the molecule is CN=C(NCCCN1CCCC(C(N)=O)C1)NCCCn1ccc2ccccc21. The summed E-state index contributed by atoms with van der Waals surface area (Å²) in [4.78, 5) is 18.0. The van der Waals surface area contributed by atoms with E-state index in [1.54, 1.807) is 7.05 Å². The van der Waals surface area contributed by atoms with Gasteiger partial charge >= 0.3 is 0 Å². The van der Waals surface area contributed by atoms with Gasteiger partial charge in [-0.3, -0.25) is 9.79 Å². The van der Waals surface area contributed by atoms with E-state index in [9.17, 15) is 4.79 Å². The number of hydrogen-bond acceptors (Lipinski definition) is 3. The number of piperidine rings is 1. The lowest BCUT2D eigenvalue weighted by Gasteiger charge is -2.31. The lowest BCUT2D eigenvalue weighted by Crippen LogP contribution is -2.43. The van der Waals surface area contributed by atoms with Crippen molar-refractivity contribution in [2.45, 2.75) is 32.2 Å². The predicted molar refractivity (Wildman–Crippen MR) is 119 cm³/mol. The first-order valence-electron chi connectivity index (χ1n) is 10.7. The molecule has 1 aliphatic heterocycles. The summed E-state index contributed by atoms with van der Waals surface area (Å²) >= 11 is 0. The van der Waals surface area contributed by atoms with Gasteiger partial charge in [-0.1, -0.05) is 18.2 Å². The molecule has 0 spiro atoms. The Morgan fingerprint density at radius 2 is 1.93 bits per heavy atom. The number of benzene rings is 1. The second-order valence-electron chi connectivity index (χ2n) is 7.74. The third-order valence-electron chi connectivity index (χ3n) is 5.62. The molecular weight excluding hydrogens is 364 g/mol. The number of aryl methyl sites for hydroxylation is 1. The van der Waals surface area contributed by atoms with Crippen LogP contribution in [0.3, 0.4) is 0 Å². The second kappa shape index (κ2) is 10.9. The maximum atomic E-state index is 11.4. The number of fused-ring (bicyclic) bond motifs is 1. The largest absolute Gasteiger partial charge is 0.369 e. The highest BCUT2D eigenvalue weighted by molar-refractivity contribution is 5.80. The lowest BCUT2D eigenvalue weighted by molar-refractivity contribution is -0.123. The Balaban J connectivity index is 1.30. The molecule has 0 bridgehead atoms. The highest BCUT2D eigenvalue weighted by Gasteiger charge is 2.23. The zero-order chi connectivity index (χ0) is 20.5. The second-order valence-corrected chi connectivity index (χ2v) is 7.74. The number of nitrogens with one attached hydrogen (secondary N) is 2. The summed E-state index contributed by atoms with van der Waals surface area (Å²) in [5.74, 6) is 0.699. The Morgan fingerprint density at radius 1 is 1.17 bits per heavy atom. The van der Waals surface area contributed by atoms with Crippen molar-refractivity contribution in [1.82, 2.24) is 20.1 Å². The summed E-state index contributed by atoms with van der Waals surface area (Å²) in [5.41, 5.74) is 6.74. The van der Waals surface area contributed by atoms with Crippen molar-refractivity contribution in [3.8, 4) is 0 Å². The molecule has 1 atom stereocenters. The van der Waals surface area contributed by atoms with Gasteiger partial charge in [-0.15, -0.1) is 0 Å². The molecule has 29 heavy (non-hydrogen) atoms. The van der Waals surface area contributed by atoms with Crippen molar-refractivity contribution in [3.05, 3.63) is 36.5 Å². The normalized spacial score (nSPS) is 18.1. The van der Waals surface area contributed by atoms with Gasteiger partial charge in [0.25, 0.3) is 0 Å². The zero-order valence-electron chi connectivity index (χ0n) is 17.4. The molecule has 0 radical (unpaired) electrons. The molecule has 1 aromatic heterocycles. The van der Waals surface area contributed by atoms with Crippen LogP contribution in [0.15, 0.2) is 41.5 Å². The number of guanidine groups is 1. The van der Waals surface area contributed by atoms with Crippen LogP contribution in [0.2, 0.25) is 0 Å². The summed E-state index contributed by atoms with van der Waals surface area (Å²) in [5, 5.41) is 8.06. The number of rotatable bonds is 9. The van der Waals surface area contributed by atoms with Gasteiger partial charge in [0.15, 0.2) is 5.96 Å². The summed E-state index contributed by atoms with van der Waals surface area (Å²) in [6.45, 7) is 5.56. The van der Waals surface area contributed by atoms with Crippen molar-refractivity contribution in [1.29, 1.82) is 0 Å². The highest BCUT2D eigenvalue weighted by atomic mass is 16.1. The molecule has 158 valence electrons. The van der Waals surface area contributed by atoms with Gasteiger partial charge in [-0.2, -0.15) is 0 Å². The van der Waals surface area contributed by atoms with Gasteiger partial charge in [-0.25, -0.2) is 0 Å². The van der Waals surface area contributed by atoms with Gasteiger partial charge in [0, 0.05) is 44.9 Å². The van der Waals surface area contributed by atoms with Crippen molar-refractivity contribution in [3.63, 3.8) is 0 Å². The quantitative estimate of drug-likeness (QED) is 0.341. The number of aromatic nitrogens is 1. The Hall–Kier alpha value is -2.54. The first-order chi connectivity index (χ1) is 14.2. The topological polar surface area (TPSA) is 87.7 Å². The fraction of sp³-hybridized carbons (Fsp3) is 0.545. The van der Waals surface area contributed by atoms with Crippen LogP contribution < -0.4 is 16.4 Å². The number of amides is 1. The Kier molecular flexibility index (Phi) is 7.93. The number of carbonyl (C=O) groups excluding carboxylic acids is 1. The van der Waals surface area contributed by atoms with Crippen LogP contribution in [0.1, 0.15) is 25.7 Å². The molecule has 2 heterocycles. The van der Waals surface area contributed by atoms with Gasteiger partial charge in [0.2, 0.25) is 5.91 Å². The standard InChI is InChI=1S/C22H34N6O/c1-24-22(25-11-5-14-27-13-4-8-19(17-27)21(23)29)26-12-6-15-28-16-10-18-7-2-3-9-20(18)28/h2-3,7,9-10,16,19H,4-6,8,11-15,17H2,1H3,(H2,23,29)(H2,24,25,26). The minimum absolute atomic E-state index is 0.0172. The van der Waals surface area contributed by atoms with Crippen LogP contribution in [0.25, 0.3) is 10.9 Å². The fourth-order valence-electron chi connectivity index (χ4n) is 4.01. The Morgan fingerprint density at radius 3 is 2.69 bits per heavy atom. The van der Waals surface area contributed by atoms with Crippen LogP contribution in [0, 0.1) is 5.92 Å². The van der Waals surface area contributed by atoms with E-state index in [-0.39, 0.29) is 11.8 Å². The smallest absolute Gasteiger partial charge is 0.221 e. The molecule has 1 unspecified atom stereocenters. The molecule has 1 fully saturated rings. The van der Waals surface area contributed by atoms with Crippen LogP contribution >= 0.6 is 0 Å². The number of hydrogen-bond donors (Lipinski definition) is 3. The van der Waals surface area contributed by atoms with Crippen LogP contribution in [0.4, 0.5) is 0 Å². The maximum Gasteiger partial charge on any atom is 0.221 e. The first kappa shape index (κ1) is 21.2. The zero-order valence-corrected chi connectivity index (χ0v) is 17.4. The first-order valence-corrected chi connectivity index (χ1v) is 10.7. The van der Waals surface area contributed by atoms with E-state index in [1.165, 1.54) is 10.9 Å². The number of carbonyl (C=O) groups is 1. The summed E-state index contributed by atoms with van der Waals surface area (Å²) in [7, 11) is 1.80. The number of primary amides is 1. The van der Waals surface area contributed by atoms with Gasteiger partial charge in [0.1, 0.15) is 0 Å². The number of aliphatic imine (C=N–C) groups is 1. The molecule has 0 saturated carbocycles. The van der Waals surface area contributed by atoms with E-state index in [4.69, 9.17) is 5.73 Å². The van der Waals surface area contributed by atoms with Gasteiger partial charge in [-0.05, 0) is 56.3 Å². The number of nitrogens with two attached hydrogens (primary N) is 1. The predicted octanol–water partition coefficient (Wildman–Crippen LogP) is 1.78. The van der Waals surface area contributed by atoms with Gasteiger partial charge < -0.3 is 25.8 Å². The van der Waals surface area contributed by atoms with Crippen LogP contribution in [0.5, 0.6) is 0 Å². The molecule has 1 amide bonds. The molecular formula is C22H34N6O. The van der Waals surface area contributed by atoms with Crippen LogP contribution in [-0.4, -0.2) is 61.1 Å². The maximum absolute atomic E-state index is 11.4. The van der Waals surface area contributed by atoms with E-state index < -0.39 is 0 Å². The molecule has 1 saturated heterocycles.